The summed E-state index contributed by atoms with van der Waals surface area (Å²) < 4.78 is 45.7. The highest BCUT2D eigenvalue weighted by atomic mass is 32.2. The first kappa shape index (κ1) is 30.7. The number of hydrogen-bond donors (Lipinski definition) is 1. The largest absolute Gasteiger partial charge is 0.497 e. The Kier molecular flexibility index (Phi) is 9.95. The lowest BCUT2D eigenvalue weighted by molar-refractivity contribution is -0.140. The van der Waals surface area contributed by atoms with Gasteiger partial charge in [-0.1, -0.05) is 37.3 Å². The van der Waals surface area contributed by atoms with E-state index in [9.17, 15) is 18.0 Å². The molecule has 2 amide bonds. The number of carbonyl (C=O) groups excluding carboxylic acids is 2. The molecular formula is C31H37N3O7S. The molecule has 1 N–H and O–H groups in total. The Morgan fingerprint density at radius 1 is 0.952 bits per heavy atom. The fraction of sp³-hybridized carbons (Fsp3) is 0.355. The fourth-order valence-corrected chi connectivity index (χ4v) is 6.13. The molecule has 0 bridgehead atoms. The van der Waals surface area contributed by atoms with E-state index < -0.39 is 28.5 Å². The lowest BCUT2D eigenvalue weighted by Crippen LogP contribution is -2.53. The third kappa shape index (κ3) is 7.14. The first-order valence-corrected chi connectivity index (χ1v) is 15.3. The van der Waals surface area contributed by atoms with E-state index in [1.54, 1.807) is 61.7 Å². The summed E-state index contributed by atoms with van der Waals surface area (Å²) in [6.45, 7) is 5.72. The molecule has 0 fully saturated rings. The van der Waals surface area contributed by atoms with Gasteiger partial charge >= 0.3 is 0 Å². The van der Waals surface area contributed by atoms with Gasteiger partial charge < -0.3 is 24.4 Å². The topological polar surface area (TPSA) is 114 Å². The summed E-state index contributed by atoms with van der Waals surface area (Å²) in [5.74, 6) is 0.613. The van der Waals surface area contributed by atoms with Crippen LogP contribution in [-0.4, -0.2) is 64.1 Å². The van der Waals surface area contributed by atoms with Crippen LogP contribution in [0.15, 0.2) is 77.7 Å². The zero-order valence-electron chi connectivity index (χ0n) is 24.3. The predicted octanol–water partition coefficient (Wildman–Crippen LogP) is 3.99. The molecule has 0 radical (unpaired) electrons. The van der Waals surface area contributed by atoms with E-state index in [1.807, 2.05) is 26.8 Å². The lowest BCUT2D eigenvalue weighted by Gasteiger charge is -2.33. The first-order valence-electron chi connectivity index (χ1n) is 13.8. The molecule has 1 aliphatic rings. The number of nitrogens with one attached hydrogen (secondary N) is 1. The van der Waals surface area contributed by atoms with E-state index in [2.05, 4.69) is 5.32 Å². The molecule has 4 rings (SSSR count). The van der Waals surface area contributed by atoms with Gasteiger partial charge in [-0.25, -0.2) is 8.42 Å². The average Bonchev–Trinajstić information content (AvgIpc) is 2.99. The molecule has 0 spiro atoms. The summed E-state index contributed by atoms with van der Waals surface area (Å²) >= 11 is 0. The molecule has 0 saturated carbocycles. The van der Waals surface area contributed by atoms with Gasteiger partial charge in [-0.15, -0.1) is 0 Å². The maximum absolute atomic E-state index is 14.2. The smallest absolute Gasteiger partial charge is 0.264 e. The Labute approximate surface area is 247 Å². The van der Waals surface area contributed by atoms with Gasteiger partial charge in [0.15, 0.2) is 11.5 Å². The van der Waals surface area contributed by atoms with Gasteiger partial charge in [0.25, 0.3) is 10.0 Å². The van der Waals surface area contributed by atoms with E-state index in [4.69, 9.17) is 14.2 Å². The lowest BCUT2D eigenvalue weighted by atomic mass is 10.1. The van der Waals surface area contributed by atoms with E-state index in [0.29, 0.717) is 36.9 Å². The van der Waals surface area contributed by atoms with E-state index in [1.165, 1.54) is 17.0 Å². The van der Waals surface area contributed by atoms with Crippen LogP contribution in [0.3, 0.4) is 0 Å². The summed E-state index contributed by atoms with van der Waals surface area (Å²) in [6, 6.07) is 18.9. The van der Waals surface area contributed by atoms with Crippen LogP contribution >= 0.6 is 0 Å². The molecule has 3 aromatic carbocycles. The SMILES string of the molecule is CCC(C(=O)NC(C)C)N(Cc1cccc(OC)c1)C(=O)CN(c1ccc2c(c1)OCCO2)S(=O)(=O)c1ccccc1. The Bertz CT molecular complexity index is 1500. The van der Waals surface area contributed by atoms with Crippen molar-refractivity contribution >= 4 is 27.5 Å². The predicted molar refractivity (Wildman–Crippen MR) is 159 cm³/mol. The number of carbonyl (C=O) groups is 2. The third-order valence-corrected chi connectivity index (χ3v) is 8.52. The van der Waals surface area contributed by atoms with Gasteiger partial charge in [0, 0.05) is 18.7 Å². The molecule has 1 heterocycles. The Balaban J connectivity index is 1.76. The number of anilines is 1. The molecular weight excluding hydrogens is 558 g/mol. The van der Waals surface area contributed by atoms with E-state index in [0.717, 1.165) is 9.87 Å². The Morgan fingerprint density at radius 2 is 1.67 bits per heavy atom. The number of benzene rings is 3. The second-order valence-corrected chi connectivity index (χ2v) is 12.0. The van der Waals surface area contributed by atoms with Crippen LogP contribution in [0.1, 0.15) is 32.8 Å². The van der Waals surface area contributed by atoms with Crippen LogP contribution in [0, 0.1) is 0 Å². The molecule has 224 valence electrons. The Hall–Kier alpha value is -4.25. The third-order valence-electron chi connectivity index (χ3n) is 6.73. The van der Waals surface area contributed by atoms with Crippen LogP contribution in [0.4, 0.5) is 5.69 Å². The van der Waals surface area contributed by atoms with Gasteiger partial charge in [-0.05, 0) is 62.2 Å². The highest BCUT2D eigenvalue weighted by Gasteiger charge is 2.34. The molecule has 0 saturated heterocycles. The summed E-state index contributed by atoms with van der Waals surface area (Å²) in [5, 5.41) is 2.89. The summed E-state index contributed by atoms with van der Waals surface area (Å²) in [6.07, 6.45) is 0.323. The van der Waals surface area contributed by atoms with Crippen LogP contribution in [0.25, 0.3) is 0 Å². The molecule has 0 aromatic heterocycles. The molecule has 0 aliphatic carbocycles. The Morgan fingerprint density at radius 3 is 2.33 bits per heavy atom. The first-order chi connectivity index (χ1) is 20.1. The highest BCUT2D eigenvalue weighted by molar-refractivity contribution is 7.92. The summed E-state index contributed by atoms with van der Waals surface area (Å²) in [4.78, 5) is 28.9. The van der Waals surface area contributed by atoms with Crippen molar-refractivity contribution in [2.45, 2.75) is 50.7 Å². The number of amides is 2. The van der Waals surface area contributed by atoms with Gasteiger partial charge in [-0.3, -0.25) is 13.9 Å². The summed E-state index contributed by atoms with van der Waals surface area (Å²) in [7, 11) is -2.65. The minimum absolute atomic E-state index is 0.0247. The van der Waals surface area contributed by atoms with Crippen molar-refractivity contribution in [2.24, 2.45) is 0 Å². The van der Waals surface area contributed by atoms with Crippen molar-refractivity contribution in [3.05, 3.63) is 78.4 Å². The number of nitrogens with zero attached hydrogens (tertiary/aromatic N) is 2. The van der Waals surface area contributed by atoms with Crippen molar-refractivity contribution in [3.63, 3.8) is 0 Å². The zero-order chi connectivity index (χ0) is 30.3. The van der Waals surface area contributed by atoms with Crippen molar-refractivity contribution in [3.8, 4) is 17.2 Å². The molecule has 1 atom stereocenters. The maximum atomic E-state index is 14.2. The number of ether oxygens (including phenoxy) is 3. The molecule has 1 aliphatic heterocycles. The number of sulfonamides is 1. The number of hydrogen-bond acceptors (Lipinski definition) is 7. The maximum Gasteiger partial charge on any atom is 0.264 e. The monoisotopic (exact) mass is 595 g/mol. The quantitative estimate of drug-likeness (QED) is 0.337. The normalized spacial score (nSPS) is 13.3. The molecule has 1 unspecified atom stereocenters. The summed E-state index contributed by atoms with van der Waals surface area (Å²) in [5.41, 5.74) is 0.966. The van der Waals surface area contributed by atoms with Gasteiger partial charge in [0.2, 0.25) is 11.8 Å². The standard InChI is InChI=1S/C31H37N3O7S/c1-5-27(31(36)32-22(2)3)33(20-23-10-9-11-25(18-23)39-4)30(35)21-34(42(37,38)26-12-7-6-8-13-26)24-14-15-28-29(19-24)41-17-16-40-28/h6-15,18-19,22,27H,5,16-17,20-21H2,1-4H3,(H,32,36). The number of fused-ring (bicyclic) bond motifs is 1. The highest BCUT2D eigenvalue weighted by Crippen LogP contribution is 2.36. The van der Waals surface area contributed by atoms with E-state index >= 15 is 0 Å². The van der Waals surface area contributed by atoms with Crippen LogP contribution in [0.2, 0.25) is 0 Å². The molecule has 3 aromatic rings. The van der Waals surface area contributed by atoms with Crippen LogP contribution < -0.4 is 23.8 Å². The van der Waals surface area contributed by atoms with Crippen molar-refractivity contribution < 1.29 is 32.2 Å². The number of rotatable bonds is 12. The number of methoxy groups -OCH3 is 1. The fourth-order valence-electron chi connectivity index (χ4n) is 4.70. The molecule has 10 nitrogen and oxygen atoms in total. The minimum atomic E-state index is -4.20. The second-order valence-electron chi connectivity index (χ2n) is 10.1. The molecule has 11 heteroatoms. The van der Waals surface area contributed by atoms with Crippen molar-refractivity contribution in [1.82, 2.24) is 10.2 Å². The van der Waals surface area contributed by atoms with Crippen LogP contribution in [-0.2, 0) is 26.2 Å². The van der Waals surface area contributed by atoms with Crippen molar-refractivity contribution in [1.29, 1.82) is 0 Å². The zero-order valence-corrected chi connectivity index (χ0v) is 25.1. The second kappa shape index (κ2) is 13.6. The van der Waals surface area contributed by atoms with Gasteiger partial charge in [0.1, 0.15) is 31.5 Å². The van der Waals surface area contributed by atoms with Crippen molar-refractivity contribution in [2.75, 3.05) is 31.2 Å². The van der Waals surface area contributed by atoms with E-state index in [-0.39, 0.29) is 29.1 Å². The minimum Gasteiger partial charge on any atom is -0.497 e. The van der Waals surface area contributed by atoms with Crippen LogP contribution in [0.5, 0.6) is 17.2 Å². The molecule has 42 heavy (non-hydrogen) atoms. The average molecular weight is 596 g/mol. The van der Waals surface area contributed by atoms with Gasteiger partial charge in [-0.2, -0.15) is 0 Å². The van der Waals surface area contributed by atoms with Gasteiger partial charge in [0.05, 0.1) is 17.7 Å².